The molecule has 0 aliphatic carbocycles. The van der Waals surface area contributed by atoms with Crippen molar-refractivity contribution in [1.82, 2.24) is 10.3 Å². The van der Waals surface area contributed by atoms with Crippen LogP contribution in [-0.2, 0) is 0 Å². The van der Waals surface area contributed by atoms with Crippen molar-refractivity contribution < 1.29 is 5.11 Å². The molecule has 0 fully saturated rings. The lowest BCUT2D eigenvalue weighted by Crippen LogP contribution is -2.46. The van der Waals surface area contributed by atoms with Gasteiger partial charge in [0.25, 0.3) is 0 Å². The van der Waals surface area contributed by atoms with Gasteiger partial charge in [0, 0.05) is 22.4 Å². The minimum Gasteiger partial charge on any atom is -0.394 e. The van der Waals surface area contributed by atoms with E-state index in [0.29, 0.717) is 0 Å². The van der Waals surface area contributed by atoms with Gasteiger partial charge >= 0.3 is 0 Å². The maximum Gasteiger partial charge on any atom is 0.150 e. The lowest BCUT2D eigenvalue weighted by atomic mass is 10.0. The maximum atomic E-state index is 9.33. The molecule has 0 amide bonds. The van der Waals surface area contributed by atoms with Crippen LogP contribution in [0.25, 0.3) is 0 Å². The van der Waals surface area contributed by atoms with Crippen molar-refractivity contribution in [1.29, 1.82) is 0 Å². The van der Waals surface area contributed by atoms with E-state index in [1.807, 2.05) is 6.92 Å². The van der Waals surface area contributed by atoms with Crippen LogP contribution in [-0.4, -0.2) is 34.5 Å². The highest BCUT2D eigenvalue weighted by Gasteiger charge is 2.21. The summed E-state index contributed by atoms with van der Waals surface area (Å²) < 4.78 is 1.12. The highest BCUT2D eigenvalue weighted by Crippen LogP contribution is 2.24. The Kier molecular flexibility index (Phi) is 5.75. The molecule has 1 aromatic heterocycles. The van der Waals surface area contributed by atoms with Crippen molar-refractivity contribution in [3.63, 3.8) is 0 Å². The fourth-order valence-electron chi connectivity index (χ4n) is 1.41. The molecule has 1 heterocycles. The topological polar surface area (TPSA) is 45.1 Å². The monoisotopic (exact) mass is 260 g/mol. The molecule has 2 N–H and O–H groups in total. The van der Waals surface area contributed by atoms with Gasteiger partial charge in [0.05, 0.1) is 6.61 Å². The number of nitrogens with one attached hydrogen (secondary N) is 1. The fourth-order valence-corrected chi connectivity index (χ4v) is 3.54. The molecule has 5 heteroatoms. The third kappa shape index (κ3) is 4.41. The zero-order valence-corrected chi connectivity index (χ0v) is 11.7. The van der Waals surface area contributed by atoms with Gasteiger partial charge in [-0.3, -0.25) is 0 Å². The van der Waals surface area contributed by atoms with Crippen LogP contribution in [0.3, 0.4) is 0 Å². The van der Waals surface area contributed by atoms with E-state index in [1.165, 1.54) is 0 Å². The molecule has 1 atom stereocenters. The van der Waals surface area contributed by atoms with Crippen molar-refractivity contribution in [2.45, 2.75) is 37.1 Å². The van der Waals surface area contributed by atoms with Crippen LogP contribution >= 0.6 is 23.1 Å². The number of rotatable bonds is 7. The second kappa shape index (κ2) is 6.59. The molecule has 16 heavy (non-hydrogen) atoms. The average molecular weight is 260 g/mol. The van der Waals surface area contributed by atoms with Crippen LogP contribution < -0.4 is 5.32 Å². The van der Waals surface area contributed by atoms with Gasteiger partial charge in [-0.2, -0.15) is 0 Å². The summed E-state index contributed by atoms with van der Waals surface area (Å²) in [5.74, 6) is 0.983. The minimum atomic E-state index is -0.159. The second-order valence-electron chi connectivity index (χ2n) is 4.10. The van der Waals surface area contributed by atoms with Crippen LogP contribution in [0.15, 0.2) is 9.72 Å². The smallest absolute Gasteiger partial charge is 0.150 e. The first-order chi connectivity index (χ1) is 7.59. The molecule has 0 aliphatic rings. The zero-order chi connectivity index (χ0) is 12.0. The molecule has 0 radical (unpaired) electrons. The minimum absolute atomic E-state index is 0.159. The van der Waals surface area contributed by atoms with Crippen molar-refractivity contribution in [3.05, 3.63) is 11.1 Å². The van der Waals surface area contributed by atoms with E-state index < -0.39 is 0 Å². The zero-order valence-electron chi connectivity index (χ0n) is 10.1. The molecular formula is C11H20N2OS2. The Labute approximate surface area is 106 Å². The van der Waals surface area contributed by atoms with Crippen molar-refractivity contribution in [3.8, 4) is 0 Å². The number of nitrogens with zero attached hydrogens (tertiary/aromatic N) is 1. The summed E-state index contributed by atoms with van der Waals surface area (Å²) in [6, 6.07) is 0. The summed E-state index contributed by atoms with van der Waals surface area (Å²) in [6.45, 7) is 7.20. The average Bonchev–Trinajstić information content (AvgIpc) is 2.65. The number of hydrogen-bond acceptors (Lipinski definition) is 5. The number of aryl methyl sites for hydroxylation is 1. The molecule has 0 spiro atoms. The molecule has 0 saturated carbocycles. The Balaban J connectivity index is 2.33. The number of thiazole rings is 1. The van der Waals surface area contributed by atoms with Gasteiger partial charge in [0.15, 0.2) is 0 Å². The van der Waals surface area contributed by atoms with Crippen LogP contribution in [0, 0.1) is 6.92 Å². The highest BCUT2D eigenvalue weighted by atomic mass is 32.2. The van der Waals surface area contributed by atoms with E-state index in [1.54, 1.807) is 23.1 Å². The quantitative estimate of drug-likeness (QED) is 0.738. The molecule has 92 valence electrons. The van der Waals surface area contributed by atoms with E-state index in [2.05, 4.69) is 29.5 Å². The molecule has 0 saturated heterocycles. The Morgan fingerprint density at radius 3 is 2.88 bits per heavy atom. The second-order valence-corrected chi connectivity index (χ2v) is 6.30. The number of thioether (sulfide) groups is 1. The summed E-state index contributed by atoms with van der Waals surface area (Å²) in [5, 5.41) is 14.7. The van der Waals surface area contributed by atoms with E-state index in [4.69, 9.17) is 0 Å². The van der Waals surface area contributed by atoms with Crippen LogP contribution in [0.1, 0.15) is 26.0 Å². The standard InChI is InChI=1S/C11H20N2OS2/c1-4-12-11(3,8-14)5-6-15-10-13-9(2)7-16-10/h7,12,14H,4-6,8H2,1-3H3. The number of hydrogen-bond donors (Lipinski definition) is 2. The molecule has 0 aromatic carbocycles. The maximum absolute atomic E-state index is 9.33. The predicted molar refractivity (Wildman–Crippen MR) is 71.4 cm³/mol. The van der Waals surface area contributed by atoms with Gasteiger partial charge < -0.3 is 10.4 Å². The summed E-state index contributed by atoms with van der Waals surface area (Å²) in [7, 11) is 0. The fraction of sp³-hybridized carbons (Fsp3) is 0.727. The van der Waals surface area contributed by atoms with Gasteiger partial charge in [0.2, 0.25) is 0 Å². The van der Waals surface area contributed by atoms with Crippen LogP contribution in [0.5, 0.6) is 0 Å². The first-order valence-electron chi connectivity index (χ1n) is 5.50. The Hall–Kier alpha value is -0.100. The highest BCUT2D eigenvalue weighted by molar-refractivity contribution is 8.01. The summed E-state index contributed by atoms with van der Waals surface area (Å²) >= 11 is 3.46. The summed E-state index contributed by atoms with van der Waals surface area (Å²) in [5.41, 5.74) is 0.928. The van der Waals surface area contributed by atoms with Crippen molar-refractivity contribution in [2.75, 3.05) is 18.9 Å². The van der Waals surface area contributed by atoms with Gasteiger partial charge in [-0.1, -0.05) is 18.7 Å². The van der Waals surface area contributed by atoms with Gasteiger partial charge in [-0.25, -0.2) is 4.98 Å². The van der Waals surface area contributed by atoms with Gasteiger partial charge in [0.1, 0.15) is 4.34 Å². The molecule has 1 aromatic rings. The Morgan fingerprint density at radius 1 is 1.62 bits per heavy atom. The Morgan fingerprint density at radius 2 is 2.38 bits per heavy atom. The lowest BCUT2D eigenvalue weighted by molar-refractivity contribution is 0.173. The molecule has 0 aliphatic heterocycles. The predicted octanol–water partition coefficient (Wildman–Crippen LogP) is 2.29. The molecule has 0 bridgehead atoms. The first kappa shape index (κ1) is 14.0. The van der Waals surface area contributed by atoms with Crippen molar-refractivity contribution in [2.24, 2.45) is 0 Å². The largest absolute Gasteiger partial charge is 0.394 e. The number of likely N-dealkylation sites (N-methyl/N-ethyl adjacent to an activating group) is 1. The van der Waals surface area contributed by atoms with E-state index in [-0.39, 0.29) is 12.1 Å². The van der Waals surface area contributed by atoms with Crippen molar-refractivity contribution >= 4 is 23.1 Å². The van der Waals surface area contributed by atoms with Crippen LogP contribution in [0.4, 0.5) is 0 Å². The van der Waals surface area contributed by atoms with Crippen LogP contribution in [0.2, 0.25) is 0 Å². The third-order valence-electron chi connectivity index (χ3n) is 2.43. The first-order valence-corrected chi connectivity index (χ1v) is 7.37. The number of aliphatic hydroxyl groups excluding tert-OH is 1. The van der Waals surface area contributed by atoms with E-state index in [0.717, 1.165) is 28.8 Å². The lowest BCUT2D eigenvalue weighted by Gasteiger charge is -2.27. The third-order valence-corrected chi connectivity index (χ3v) is 4.57. The molecule has 1 rings (SSSR count). The molecule has 1 unspecified atom stereocenters. The molecular weight excluding hydrogens is 240 g/mol. The van der Waals surface area contributed by atoms with E-state index >= 15 is 0 Å². The summed E-state index contributed by atoms with van der Waals surface area (Å²) in [4.78, 5) is 4.40. The van der Waals surface area contributed by atoms with E-state index in [9.17, 15) is 5.11 Å². The normalized spacial score (nSPS) is 15.0. The number of aliphatic hydroxyl groups is 1. The molecule has 3 nitrogen and oxygen atoms in total. The number of aromatic nitrogens is 1. The Bertz CT molecular complexity index is 317. The van der Waals surface area contributed by atoms with Gasteiger partial charge in [-0.05, 0) is 26.8 Å². The van der Waals surface area contributed by atoms with Gasteiger partial charge in [-0.15, -0.1) is 11.3 Å². The SMILES string of the molecule is CCNC(C)(CO)CCSc1nc(C)cs1. The summed E-state index contributed by atoms with van der Waals surface area (Å²) in [6.07, 6.45) is 0.945.